The van der Waals surface area contributed by atoms with Gasteiger partial charge in [0.2, 0.25) is 6.10 Å². The summed E-state index contributed by atoms with van der Waals surface area (Å²) in [5, 5.41) is 7.10. The highest BCUT2D eigenvalue weighted by atomic mass is 16.5. The third kappa shape index (κ3) is 6.46. The number of esters is 1. The van der Waals surface area contributed by atoms with Crippen molar-refractivity contribution in [3.63, 3.8) is 0 Å². The van der Waals surface area contributed by atoms with Gasteiger partial charge in [-0.2, -0.15) is 0 Å². The average Bonchev–Trinajstić information content (AvgIpc) is 2.73. The van der Waals surface area contributed by atoms with E-state index in [9.17, 15) is 19.2 Å². The summed E-state index contributed by atoms with van der Waals surface area (Å²) in [4.78, 5) is 48.9. The van der Waals surface area contributed by atoms with Crippen molar-refractivity contribution in [2.75, 3.05) is 6.54 Å². The van der Waals surface area contributed by atoms with Crippen LogP contribution in [0.25, 0.3) is 0 Å². The monoisotopic (exact) mass is 397 g/mol. The molecule has 8 nitrogen and oxygen atoms in total. The van der Waals surface area contributed by atoms with Gasteiger partial charge in [-0.15, -0.1) is 0 Å². The minimum Gasteiger partial charge on any atom is -0.446 e. The van der Waals surface area contributed by atoms with Gasteiger partial charge in [0.1, 0.15) is 6.04 Å². The van der Waals surface area contributed by atoms with E-state index in [0.717, 1.165) is 0 Å². The third-order valence-electron chi connectivity index (χ3n) is 3.89. The number of hydrogen-bond donors (Lipinski definition) is 3. The molecule has 3 N–H and O–H groups in total. The Balaban J connectivity index is 2.09. The molecule has 2 aromatic carbocycles. The molecule has 2 rings (SSSR count). The topological polar surface area (TPSA) is 114 Å². The van der Waals surface area contributed by atoms with Gasteiger partial charge in [-0.1, -0.05) is 48.5 Å². The Morgan fingerprint density at radius 3 is 2.10 bits per heavy atom. The molecule has 4 amide bonds. The van der Waals surface area contributed by atoms with Gasteiger partial charge in [0.05, 0.1) is 0 Å². The fourth-order valence-electron chi connectivity index (χ4n) is 2.43. The number of carbonyl (C=O) groups is 4. The van der Waals surface area contributed by atoms with Crippen LogP contribution in [-0.2, 0) is 14.3 Å². The summed E-state index contributed by atoms with van der Waals surface area (Å²) in [6.07, 6.45) is -1.35. The Bertz CT molecular complexity index is 855. The molecule has 0 aromatic heterocycles. The molecule has 0 fully saturated rings. The second-order valence-electron chi connectivity index (χ2n) is 6.14. The number of amides is 4. The van der Waals surface area contributed by atoms with Crippen LogP contribution in [0.1, 0.15) is 35.9 Å². The van der Waals surface area contributed by atoms with Crippen LogP contribution in [0.3, 0.4) is 0 Å². The Kier molecular flexibility index (Phi) is 7.90. The smallest absolute Gasteiger partial charge is 0.329 e. The van der Waals surface area contributed by atoms with E-state index in [-0.39, 0.29) is 0 Å². The van der Waals surface area contributed by atoms with Gasteiger partial charge in [0.15, 0.2) is 0 Å². The molecule has 0 radical (unpaired) electrons. The van der Waals surface area contributed by atoms with Crippen LogP contribution in [0.4, 0.5) is 4.79 Å². The predicted octanol–water partition coefficient (Wildman–Crippen LogP) is 1.94. The maximum atomic E-state index is 12.5. The summed E-state index contributed by atoms with van der Waals surface area (Å²) in [5.41, 5.74) is 0.782. The van der Waals surface area contributed by atoms with Crippen molar-refractivity contribution in [1.29, 1.82) is 0 Å². The van der Waals surface area contributed by atoms with Gasteiger partial charge in [0.25, 0.3) is 11.8 Å². The SMILES string of the molecule is CCNC(=O)NC(=O)[C@H](OC(=O)[C@H](C)NC(=O)c1ccccc1)c1ccccc1. The van der Waals surface area contributed by atoms with E-state index in [1.807, 2.05) is 0 Å². The first-order chi connectivity index (χ1) is 13.9. The van der Waals surface area contributed by atoms with Crippen LogP contribution < -0.4 is 16.0 Å². The van der Waals surface area contributed by atoms with Crippen LogP contribution in [-0.4, -0.2) is 36.4 Å². The molecule has 2 atom stereocenters. The molecule has 0 unspecified atom stereocenters. The van der Waals surface area contributed by atoms with Gasteiger partial charge in [0, 0.05) is 17.7 Å². The molecule has 0 aliphatic heterocycles. The van der Waals surface area contributed by atoms with E-state index in [2.05, 4.69) is 16.0 Å². The lowest BCUT2D eigenvalue weighted by Gasteiger charge is -2.20. The normalized spacial score (nSPS) is 12.2. The molecule has 8 heteroatoms. The molecule has 0 heterocycles. The number of carbonyl (C=O) groups excluding carboxylic acids is 4. The molecular formula is C21H23N3O5. The fraction of sp³-hybridized carbons (Fsp3) is 0.238. The Morgan fingerprint density at radius 1 is 0.931 bits per heavy atom. The van der Waals surface area contributed by atoms with Crippen LogP contribution in [0.5, 0.6) is 0 Å². The van der Waals surface area contributed by atoms with Crippen molar-refractivity contribution >= 4 is 23.8 Å². The lowest BCUT2D eigenvalue weighted by molar-refractivity contribution is -0.157. The number of rotatable bonds is 7. The Morgan fingerprint density at radius 2 is 1.52 bits per heavy atom. The van der Waals surface area contributed by atoms with Crippen molar-refractivity contribution in [1.82, 2.24) is 16.0 Å². The van der Waals surface area contributed by atoms with E-state index >= 15 is 0 Å². The molecule has 29 heavy (non-hydrogen) atoms. The largest absolute Gasteiger partial charge is 0.446 e. The first-order valence-corrected chi connectivity index (χ1v) is 9.12. The number of benzene rings is 2. The Hall–Kier alpha value is -3.68. The van der Waals surface area contributed by atoms with Crippen molar-refractivity contribution in [2.24, 2.45) is 0 Å². The summed E-state index contributed by atoms with van der Waals surface area (Å²) in [6.45, 7) is 3.49. The van der Waals surface area contributed by atoms with E-state index in [1.54, 1.807) is 67.6 Å². The highest BCUT2D eigenvalue weighted by Gasteiger charge is 2.29. The van der Waals surface area contributed by atoms with Gasteiger partial charge >= 0.3 is 12.0 Å². The number of imide groups is 1. The second-order valence-corrected chi connectivity index (χ2v) is 6.14. The highest BCUT2D eigenvalue weighted by molar-refractivity contribution is 5.99. The van der Waals surface area contributed by atoms with E-state index in [0.29, 0.717) is 17.7 Å². The van der Waals surface area contributed by atoms with Gasteiger partial charge in [-0.3, -0.25) is 14.9 Å². The van der Waals surface area contributed by atoms with E-state index in [4.69, 9.17) is 4.74 Å². The van der Waals surface area contributed by atoms with E-state index in [1.165, 1.54) is 6.92 Å². The molecule has 0 saturated carbocycles. The van der Waals surface area contributed by atoms with Crippen molar-refractivity contribution in [3.8, 4) is 0 Å². The third-order valence-corrected chi connectivity index (χ3v) is 3.89. The number of ether oxygens (including phenoxy) is 1. The maximum Gasteiger partial charge on any atom is 0.329 e. The number of urea groups is 1. The molecule has 2 aromatic rings. The summed E-state index contributed by atoms with van der Waals surface area (Å²) in [5.74, 6) is -2.05. The zero-order valence-electron chi connectivity index (χ0n) is 16.2. The van der Waals surface area contributed by atoms with Crippen molar-refractivity contribution < 1.29 is 23.9 Å². The van der Waals surface area contributed by atoms with Gasteiger partial charge in [-0.25, -0.2) is 9.59 Å². The zero-order chi connectivity index (χ0) is 21.2. The quantitative estimate of drug-likeness (QED) is 0.618. The van der Waals surface area contributed by atoms with Crippen LogP contribution in [0.2, 0.25) is 0 Å². The molecule has 152 valence electrons. The van der Waals surface area contributed by atoms with Gasteiger partial charge < -0.3 is 15.4 Å². The first-order valence-electron chi connectivity index (χ1n) is 9.12. The summed E-state index contributed by atoms with van der Waals surface area (Å²) in [7, 11) is 0. The maximum absolute atomic E-state index is 12.5. The Labute approximate surface area is 168 Å². The number of nitrogens with one attached hydrogen (secondary N) is 3. The summed E-state index contributed by atoms with van der Waals surface area (Å²) >= 11 is 0. The first kappa shape index (κ1) is 21.6. The van der Waals surface area contributed by atoms with Crippen LogP contribution >= 0.6 is 0 Å². The van der Waals surface area contributed by atoms with Crippen LogP contribution in [0, 0.1) is 0 Å². The predicted molar refractivity (Wildman–Crippen MR) is 106 cm³/mol. The zero-order valence-corrected chi connectivity index (χ0v) is 16.2. The molecule has 0 aliphatic rings. The lowest BCUT2D eigenvalue weighted by Crippen LogP contribution is -2.45. The minimum atomic E-state index is -1.35. The molecular weight excluding hydrogens is 374 g/mol. The molecule has 0 bridgehead atoms. The van der Waals surface area contributed by atoms with E-state index < -0.39 is 36.0 Å². The minimum absolute atomic E-state index is 0.331. The average molecular weight is 397 g/mol. The summed E-state index contributed by atoms with van der Waals surface area (Å²) < 4.78 is 5.33. The fourth-order valence-corrected chi connectivity index (χ4v) is 2.43. The summed E-state index contributed by atoms with van der Waals surface area (Å²) in [6, 6.07) is 15.0. The standard InChI is InChI=1S/C21H23N3O5/c1-3-22-21(28)24-19(26)17(15-10-6-4-7-11-15)29-20(27)14(2)23-18(25)16-12-8-5-9-13-16/h4-14,17H,3H2,1-2H3,(H,23,25)(H2,22,24,26,28)/t14-,17+/m0/s1. The van der Waals surface area contributed by atoms with Crippen molar-refractivity contribution in [2.45, 2.75) is 26.0 Å². The van der Waals surface area contributed by atoms with Crippen LogP contribution in [0.15, 0.2) is 60.7 Å². The molecule has 0 aliphatic carbocycles. The van der Waals surface area contributed by atoms with Gasteiger partial charge in [-0.05, 0) is 26.0 Å². The molecule has 0 saturated heterocycles. The lowest BCUT2D eigenvalue weighted by atomic mass is 10.1. The molecule has 0 spiro atoms. The highest BCUT2D eigenvalue weighted by Crippen LogP contribution is 2.18. The second kappa shape index (κ2) is 10.6. The van der Waals surface area contributed by atoms with Crippen molar-refractivity contribution in [3.05, 3.63) is 71.8 Å². The number of hydrogen-bond acceptors (Lipinski definition) is 5.